The minimum atomic E-state index is -0.137. The molecule has 2 aromatic rings. The van der Waals surface area contributed by atoms with E-state index in [1.165, 1.54) is 21.9 Å². The van der Waals surface area contributed by atoms with Crippen molar-refractivity contribution in [3.05, 3.63) is 71.8 Å². The summed E-state index contributed by atoms with van der Waals surface area (Å²) in [5.41, 5.74) is 2.74. The molecule has 0 N–H and O–H groups in total. The number of allylic oxidation sites excluding steroid dienone is 4. The number of hydrogen-bond acceptors (Lipinski definition) is 2. The maximum atomic E-state index is 6.30. The van der Waals surface area contributed by atoms with Crippen molar-refractivity contribution in [1.29, 1.82) is 0 Å². The molecule has 0 unspecified atom stereocenters. The van der Waals surface area contributed by atoms with Crippen LogP contribution in [-0.4, -0.2) is 13.2 Å². The average Bonchev–Trinajstić information content (AvgIpc) is 3.21. The summed E-state index contributed by atoms with van der Waals surface area (Å²) in [6, 6.07) is 13.2. The lowest BCUT2D eigenvalue weighted by molar-refractivity contribution is 0.138. The molecule has 108 valence electrons. The summed E-state index contributed by atoms with van der Waals surface area (Å²) in [6.07, 6.45) is 10.9. The maximum absolute atomic E-state index is 6.30. The molecule has 3 aliphatic rings. The second-order valence-electron chi connectivity index (χ2n) is 6.38. The summed E-state index contributed by atoms with van der Waals surface area (Å²) < 4.78 is 12.5. The first-order chi connectivity index (χ1) is 10.9. The van der Waals surface area contributed by atoms with E-state index in [0.717, 1.165) is 12.8 Å². The van der Waals surface area contributed by atoms with Crippen LogP contribution in [-0.2, 0) is 15.7 Å². The van der Waals surface area contributed by atoms with Crippen LogP contribution in [0.15, 0.2) is 60.7 Å². The summed E-state index contributed by atoms with van der Waals surface area (Å²) in [7, 11) is -0.137. The minimum absolute atomic E-state index is 0.0840. The third-order valence-electron chi connectivity index (χ3n) is 5.03. The Hall–Kier alpha value is -1.84. The van der Waals surface area contributed by atoms with Gasteiger partial charge in [-0.25, -0.2) is 0 Å². The van der Waals surface area contributed by atoms with Gasteiger partial charge < -0.3 is 9.31 Å². The zero-order chi connectivity index (χ0) is 14.5. The largest absolute Gasteiger partial charge is 0.469 e. The van der Waals surface area contributed by atoms with Gasteiger partial charge in [0.05, 0.1) is 12.2 Å². The predicted octanol–water partition coefficient (Wildman–Crippen LogP) is 4.23. The van der Waals surface area contributed by atoms with E-state index in [0.29, 0.717) is 0 Å². The fourth-order valence-corrected chi connectivity index (χ4v) is 3.90. The molecule has 1 fully saturated rings. The number of aryl methyl sites for hydroxylation is 1. The third-order valence-corrected chi connectivity index (χ3v) is 5.03. The molecule has 1 aliphatic heterocycles. The van der Waals surface area contributed by atoms with Crippen molar-refractivity contribution in [2.45, 2.75) is 30.9 Å². The zero-order valence-corrected chi connectivity index (χ0v) is 12.3. The molecule has 22 heavy (non-hydrogen) atoms. The Morgan fingerprint density at radius 2 is 1.73 bits per heavy atom. The highest BCUT2D eigenvalue weighted by Gasteiger charge is 2.45. The minimum Gasteiger partial charge on any atom is -0.405 e. The van der Waals surface area contributed by atoms with Crippen molar-refractivity contribution < 1.29 is 9.31 Å². The van der Waals surface area contributed by atoms with E-state index in [1.54, 1.807) is 0 Å². The molecule has 1 saturated heterocycles. The fourth-order valence-electron chi connectivity index (χ4n) is 3.90. The molecular formula is C19H17BO2. The van der Waals surface area contributed by atoms with Crippen LogP contribution in [0.4, 0.5) is 0 Å². The van der Waals surface area contributed by atoms with E-state index in [-0.39, 0.29) is 25.1 Å². The smallest absolute Gasteiger partial charge is 0.405 e. The Morgan fingerprint density at radius 3 is 2.55 bits per heavy atom. The standard InChI is InChI=1S/C19H17BO2/c1-2-6-14-12-17-15(11-13(14)5-1)9-10-18-19(17)22-20(21-18)16-7-3-4-8-16/h1-8,11-12,16,18-19H,9-10H2/t18-,19+/m0/s1. The van der Waals surface area contributed by atoms with Crippen LogP contribution in [0.1, 0.15) is 23.7 Å². The molecule has 2 aromatic carbocycles. The summed E-state index contributed by atoms with van der Waals surface area (Å²) >= 11 is 0. The van der Waals surface area contributed by atoms with Crippen molar-refractivity contribution in [1.82, 2.24) is 0 Å². The summed E-state index contributed by atoms with van der Waals surface area (Å²) in [6.45, 7) is 0. The first-order valence-electron chi connectivity index (χ1n) is 8.06. The van der Waals surface area contributed by atoms with E-state index >= 15 is 0 Å². The summed E-state index contributed by atoms with van der Waals surface area (Å²) in [4.78, 5) is 0. The molecule has 2 atom stereocenters. The number of hydrogen-bond donors (Lipinski definition) is 0. The Bertz CT molecular complexity index is 783. The van der Waals surface area contributed by atoms with Gasteiger partial charge >= 0.3 is 7.12 Å². The highest BCUT2D eigenvalue weighted by molar-refractivity contribution is 6.48. The highest BCUT2D eigenvalue weighted by Crippen LogP contribution is 2.43. The quantitative estimate of drug-likeness (QED) is 0.731. The molecule has 0 aromatic heterocycles. The molecule has 0 bridgehead atoms. The van der Waals surface area contributed by atoms with Gasteiger partial charge in [-0.1, -0.05) is 54.6 Å². The van der Waals surface area contributed by atoms with Crippen molar-refractivity contribution in [2.24, 2.45) is 0 Å². The van der Waals surface area contributed by atoms with Gasteiger partial charge in [-0.2, -0.15) is 0 Å². The van der Waals surface area contributed by atoms with Crippen LogP contribution in [0.5, 0.6) is 0 Å². The van der Waals surface area contributed by atoms with E-state index in [1.807, 2.05) is 0 Å². The molecule has 0 spiro atoms. The van der Waals surface area contributed by atoms with Gasteiger partial charge in [0, 0.05) is 5.82 Å². The Kier molecular flexibility index (Phi) is 2.79. The first-order valence-corrected chi connectivity index (χ1v) is 8.06. The number of rotatable bonds is 1. The van der Waals surface area contributed by atoms with Crippen molar-refractivity contribution in [3.63, 3.8) is 0 Å². The Labute approximate surface area is 130 Å². The number of fused-ring (bicyclic) bond motifs is 4. The lowest BCUT2D eigenvalue weighted by atomic mass is 9.73. The summed E-state index contributed by atoms with van der Waals surface area (Å²) in [5.74, 6) is 0.259. The Morgan fingerprint density at radius 1 is 0.955 bits per heavy atom. The van der Waals surface area contributed by atoms with E-state index in [4.69, 9.17) is 9.31 Å². The van der Waals surface area contributed by atoms with E-state index in [2.05, 4.69) is 60.7 Å². The lowest BCUT2D eigenvalue weighted by Crippen LogP contribution is -2.23. The van der Waals surface area contributed by atoms with Crippen LogP contribution in [0.2, 0.25) is 5.82 Å². The van der Waals surface area contributed by atoms with Crippen LogP contribution in [0, 0.1) is 0 Å². The lowest BCUT2D eigenvalue weighted by Gasteiger charge is -2.27. The topological polar surface area (TPSA) is 18.5 Å². The monoisotopic (exact) mass is 288 g/mol. The van der Waals surface area contributed by atoms with Crippen LogP contribution < -0.4 is 0 Å². The van der Waals surface area contributed by atoms with Gasteiger partial charge in [-0.05, 0) is 40.8 Å². The molecule has 3 heteroatoms. The normalized spacial score (nSPS) is 26.6. The SMILES string of the molecule is C1=CC(B2O[C@H]3CCc4cc5ccccc5cc4[C@H]3O2)C=C1. The van der Waals surface area contributed by atoms with E-state index in [9.17, 15) is 0 Å². The third kappa shape index (κ3) is 1.89. The van der Waals surface area contributed by atoms with Gasteiger partial charge in [-0.3, -0.25) is 0 Å². The van der Waals surface area contributed by atoms with Crippen LogP contribution in [0.3, 0.4) is 0 Å². The molecule has 1 heterocycles. The van der Waals surface area contributed by atoms with Crippen molar-refractivity contribution in [2.75, 3.05) is 0 Å². The van der Waals surface area contributed by atoms with Gasteiger partial charge in [0.15, 0.2) is 0 Å². The summed E-state index contributed by atoms with van der Waals surface area (Å²) in [5, 5.41) is 2.60. The van der Waals surface area contributed by atoms with Gasteiger partial charge in [0.25, 0.3) is 0 Å². The molecule has 0 radical (unpaired) electrons. The van der Waals surface area contributed by atoms with Crippen LogP contribution >= 0.6 is 0 Å². The molecule has 0 amide bonds. The van der Waals surface area contributed by atoms with Gasteiger partial charge in [0.2, 0.25) is 0 Å². The second kappa shape index (κ2) is 4.84. The van der Waals surface area contributed by atoms with Crippen molar-refractivity contribution >= 4 is 17.9 Å². The molecule has 2 nitrogen and oxygen atoms in total. The molecule has 5 rings (SSSR count). The molecule has 2 aliphatic carbocycles. The Balaban J connectivity index is 1.54. The van der Waals surface area contributed by atoms with Crippen molar-refractivity contribution in [3.8, 4) is 0 Å². The molecular weight excluding hydrogens is 271 g/mol. The molecule has 0 saturated carbocycles. The van der Waals surface area contributed by atoms with Crippen LogP contribution in [0.25, 0.3) is 10.8 Å². The second-order valence-corrected chi connectivity index (χ2v) is 6.38. The fraction of sp³-hybridized carbons (Fsp3) is 0.263. The maximum Gasteiger partial charge on any atom is 0.469 e. The average molecular weight is 288 g/mol. The first kappa shape index (κ1) is 12.7. The van der Waals surface area contributed by atoms with Gasteiger partial charge in [-0.15, -0.1) is 0 Å². The number of benzene rings is 2. The zero-order valence-electron chi connectivity index (χ0n) is 12.3. The predicted molar refractivity (Wildman–Crippen MR) is 88.8 cm³/mol. The van der Waals surface area contributed by atoms with E-state index < -0.39 is 0 Å². The van der Waals surface area contributed by atoms with Gasteiger partial charge in [0.1, 0.15) is 0 Å². The highest BCUT2D eigenvalue weighted by atomic mass is 16.7.